The molecule has 0 amide bonds. The first-order valence-electron chi connectivity index (χ1n) is 0.418. The molecule has 0 rings (SSSR count). The molecule has 4 nitrogen and oxygen atoms in total. The van der Waals surface area contributed by atoms with Gasteiger partial charge in [-0.3, -0.25) is 0 Å². The molecule has 0 aliphatic carbocycles. The average molecular weight is 163 g/mol. The van der Waals surface area contributed by atoms with Crippen LogP contribution >= 0.6 is 0 Å². The molecule has 5 N–H and O–H groups in total. The van der Waals surface area contributed by atoms with Crippen molar-refractivity contribution in [3.63, 3.8) is 0 Å². The standard InChI is InChI=1S/H3NO2.H2O.2Ti/c1-3-2;;;/h2H,1H2;1H2;;. The topological polar surface area (TPSA) is 87.0 Å². The van der Waals surface area contributed by atoms with Gasteiger partial charge in [0.1, 0.15) is 0 Å². The predicted octanol–water partition coefficient (Wildman–Crippen LogP) is -1.48. The molecule has 6 heavy (non-hydrogen) atoms. The summed E-state index contributed by atoms with van der Waals surface area (Å²) in [5, 5.41) is 6.85. The van der Waals surface area contributed by atoms with Gasteiger partial charge in [-0.05, 0) is 0 Å². The van der Waals surface area contributed by atoms with Crippen LogP contribution in [0.15, 0.2) is 0 Å². The van der Waals surface area contributed by atoms with Crippen molar-refractivity contribution in [3.8, 4) is 0 Å². The maximum atomic E-state index is 6.85. The smallest absolute Gasteiger partial charge is 0 e. The first-order chi connectivity index (χ1) is 1.41. The second-order valence-electron chi connectivity index (χ2n) is 0.105. The van der Waals surface area contributed by atoms with Crippen LogP contribution in [-0.4, -0.2) is 10.7 Å². The molecule has 0 aliphatic rings. The van der Waals surface area contributed by atoms with Gasteiger partial charge in [-0.15, -0.1) is 4.99 Å². The van der Waals surface area contributed by atoms with E-state index in [1.807, 2.05) is 0 Å². The second-order valence-corrected chi connectivity index (χ2v) is 0.105. The van der Waals surface area contributed by atoms with Gasteiger partial charge in [0.2, 0.25) is 0 Å². The van der Waals surface area contributed by atoms with E-state index >= 15 is 0 Å². The van der Waals surface area contributed by atoms with Gasteiger partial charge in [-0.1, -0.05) is 0 Å². The quantitative estimate of drug-likeness (QED) is 0.259. The summed E-state index contributed by atoms with van der Waals surface area (Å²) in [6.45, 7) is 0. The Hall–Kier alpha value is 1.27. The molecule has 0 fully saturated rings. The van der Waals surface area contributed by atoms with Crippen molar-refractivity contribution in [1.29, 1.82) is 0 Å². The van der Waals surface area contributed by atoms with Crippen molar-refractivity contribution in [1.82, 2.24) is 0 Å². The number of rotatable bonds is 0. The van der Waals surface area contributed by atoms with Gasteiger partial charge >= 0.3 is 0 Å². The molecule has 6 heteroatoms. The fourth-order valence-corrected chi connectivity index (χ4v) is 0. The second kappa shape index (κ2) is 33.8. The van der Waals surface area contributed by atoms with Crippen LogP contribution in [0.3, 0.4) is 0 Å². The third-order valence-electron chi connectivity index (χ3n) is 0. The van der Waals surface area contributed by atoms with Gasteiger partial charge < -0.3 is 5.48 Å². The van der Waals surface area contributed by atoms with Crippen LogP contribution in [0, 0.1) is 0 Å². The predicted molar refractivity (Wildman–Crippen MR) is 11.5 cm³/mol. The molecule has 0 aromatic heterocycles. The summed E-state index contributed by atoms with van der Waals surface area (Å²) in [6.07, 6.45) is 0. The van der Waals surface area contributed by atoms with Gasteiger partial charge in [0, 0.05) is 43.4 Å². The van der Waals surface area contributed by atoms with Crippen LogP contribution in [-0.2, 0) is 48.4 Å². The third-order valence-corrected chi connectivity index (χ3v) is 0. The van der Waals surface area contributed by atoms with Crippen molar-refractivity contribution >= 4 is 0 Å². The van der Waals surface area contributed by atoms with Gasteiger partial charge in [-0.2, -0.15) is 5.90 Å². The van der Waals surface area contributed by atoms with Crippen molar-refractivity contribution in [3.05, 3.63) is 0 Å². The Morgan fingerprint density at radius 2 is 1.33 bits per heavy atom. The molecule has 0 atom stereocenters. The summed E-state index contributed by atoms with van der Waals surface area (Å²) in [6, 6.07) is 0. The van der Waals surface area contributed by atoms with Gasteiger partial charge in [-0.25, -0.2) is 5.26 Å². The van der Waals surface area contributed by atoms with Crippen molar-refractivity contribution in [2.24, 2.45) is 5.90 Å². The van der Waals surface area contributed by atoms with E-state index in [9.17, 15) is 0 Å². The number of nitrogens with two attached hydrogens (primary N) is 1. The van der Waals surface area contributed by atoms with E-state index in [2.05, 4.69) is 10.9 Å². The Morgan fingerprint density at radius 1 is 1.33 bits per heavy atom. The summed E-state index contributed by atoms with van der Waals surface area (Å²) in [5.41, 5.74) is 0. The van der Waals surface area contributed by atoms with Crippen LogP contribution in [0.2, 0.25) is 0 Å². The molecule has 0 heterocycles. The van der Waals surface area contributed by atoms with Crippen LogP contribution in [0.1, 0.15) is 0 Å². The Balaban J connectivity index is -0.00000000667. The summed E-state index contributed by atoms with van der Waals surface area (Å²) in [4.78, 5) is 2.75. The summed E-state index contributed by atoms with van der Waals surface area (Å²) in [7, 11) is 0. The maximum absolute atomic E-state index is 6.85. The molecule has 0 bridgehead atoms. The zero-order chi connectivity index (χ0) is 2.71. The van der Waals surface area contributed by atoms with Crippen LogP contribution in [0.4, 0.5) is 0 Å². The molecule has 0 unspecified atom stereocenters. The summed E-state index contributed by atoms with van der Waals surface area (Å²) < 4.78 is 0. The average Bonchev–Trinajstić information content (AvgIpc) is 0.918. The fourth-order valence-electron chi connectivity index (χ4n) is 0. The molecule has 0 aliphatic heterocycles. The molecular weight excluding hydrogens is 158 g/mol. The molecule has 0 saturated heterocycles. The zero-order valence-corrected chi connectivity index (χ0v) is 6.06. The molecule has 0 radical (unpaired) electrons. The molecule has 0 aromatic rings. The van der Waals surface area contributed by atoms with Crippen molar-refractivity contribution in [2.45, 2.75) is 0 Å². The van der Waals surface area contributed by atoms with Crippen molar-refractivity contribution in [2.75, 3.05) is 0 Å². The molecule has 36 valence electrons. The van der Waals surface area contributed by atoms with E-state index in [0.717, 1.165) is 0 Å². The Kier molecular flexibility index (Phi) is 151. The maximum Gasteiger partial charge on any atom is 0 e. The first-order valence-corrected chi connectivity index (χ1v) is 0.418. The number of hydrogen-bond acceptors (Lipinski definition) is 3. The van der Waals surface area contributed by atoms with E-state index in [-0.39, 0.29) is 48.9 Å². The molecule has 0 saturated carbocycles. The van der Waals surface area contributed by atoms with Crippen LogP contribution in [0.25, 0.3) is 0 Å². The van der Waals surface area contributed by atoms with Crippen LogP contribution in [0.5, 0.6) is 0 Å². The Bertz CT molecular complexity index is 8.75. The van der Waals surface area contributed by atoms with Crippen LogP contribution < -0.4 is 5.90 Å². The van der Waals surface area contributed by atoms with Gasteiger partial charge in [0.15, 0.2) is 0 Å². The minimum absolute atomic E-state index is 0. The van der Waals surface area contributed by atoms with E-state index in [4.69, 9.17) is 5.26 Å². The number of hydrogen-bond donors (Lipinski definition) is 2. The van der Waals surface area contributed by atoms with E-state index in [1.165, 1.54) is 0 Å². The normalized spacial score (nSPS) is 3.00. The minimum atomic E-state index is 0. The zero-order valence-electron chi connectivity index (χ0n) is 2.93. The minimum Gasteiger partial charge on any atom is -0.412 e. The largest absolute Gasteiger partial charge is 0.412 e. The Morgan fingerprint density at radius 3 is 1.33 bits per heavy atom. The summed E-state index contributed by atoms with van der Waals surface area (Å²) >= 11 is 0. The van der Waals surface area contributed by atoms with Crippen molar-refractivity contribution < 1.29 is 59.2 Å². The summed E-state index contributed by atoms with van der Waals surface area (Å²) in [5.74, 6) is 3.90. The molecule has 0 spiro atoms. The molecular formula is H5NO3Ti2. The van der Waals surface area contributed by atoms with E-state index < -0.39 is 0 Å². The fraction of sp³-hybridized carbons (Fsp3) is 0. The van der Waals surface area contributed by atoms with Gasteiger partial charge in [0.25, 0.3) is 0 Å². The monoisotopic (exact) mass is 163 g/mol. The first kappa shape index (κ1) is 26.7. The third kappa shape index (κ3) is 59.7. The SMILES string of the molecule is NOO.O.[Ti].[Ti]. The van der Waals surface area contributed by atoms with E-state index in [1.54, 1.807) is 0 Å². The molecule has 0 aromatic carbocycles. The van der Waals surface area contributed by atoms with E-state index in [0.29, 0.717) is 0 Å². The Labute approximate surface area is 65.0 Å². The van der Waals surface area contributed by atoms with Gasteiger partial charge in [0.05, 0.1) is 0 Å².